The van der Waals surface area contributed by atoms with Crippen molar-refractivity contribution >= 4 is 47.8 Å². The first-order valence-electron chi connectivity index (χ1n) is 4.92. The Morgan fingerprint density at radius 1 is 0.929 bits per heavy atom. The van der Waals surface area contributed by atoms with E-state index in [1.54, 1.807) is 6.08 Å². The van der Waals surface area contributed by atoms with Gasteiger partial charge in [-0.3, -0.25) is 0 Å². The van der Waals surface area contributed by atoms with Gasteiger partial charge in [0.05, 0.1) is 6.26 Å². The minimum Gasteiger partial charge on any atom is -0.516 e. The minimum absolute atomic E-state index is 0.0629. The van der Waals surface area contributed by atoms with Crippen LogP contribution in [0, 0.1) is 0 Å². The van der Waals surface area contributed by atoms with Gasteiger partial charge in [-0.2, -0.15) is 0 Å². The number of rotatable bonds is 7. The molecule has 0 bridgehead atoms. The number of allylic oxidation sites excluding steroid dienone is 1. The zero-order valence-corrected chi connectivity index (χ0v) is 12.9. The first kappa shape index (κ1) is 15.0. The molecule has 0 aliphatic heterocycles. The molecule has 0 aliphatic rings. The molecule has 4 heteroatoms. The van der Waals surface area contributed by atoms with Gasteiger partial charge in [-0.1, -0.05) is 79.5 Å². The van der Waals surface area contributed by atoms with Crippen molar-refractivity contribution in [3.63, 3.8) is 0 Å². The first-order valence-corrected chi connectivity index (χ1v) is 7.30. The zero-order valence-electron chi connectivity index (χ0n) is 8.19. The Balaban J connectivity index is 3.07. The second kappa shape index (κ2) is 9.22. The van der Waals surface area contributed by atoms with Crippen LogP contribution < -0.4 is 0 Å². The maximum atomic E-state index is 8.40. The molecule has 14 heavy (non-hydrogen) atoms. The molecule has 0 amide bonds. The van der Waals surface area contributed by atoms with E-state index in [9.17, 15) is 0 Å². The highest BCUT2D eigenvalue weighted by atomic mass is 80.0. The van der Waals surface area contributed by atoms with E-state index in [1.807, 2.05) is 0 Å². The van der Waals surface area contributed by atoms with Crippen molar-refractivity contribution in [2.45, 2.75) is 47.1 Å². The van der Waals surface area contributed by atoms with E-state index in [4.69, 9.17) is 5.11 Å². The molecule has 0 heterocycles. The van der Waals surface area contributed by atoms with Gasteiger partial charge in [0.15, 0.2) is 0 Å². The van der Waals surface area contributed by atoms with Crippen LogP contribution in [-0.4, -0.2) is 7.25 Å². The Hall–Kier alpha value is 0.980. The maximum absolute atomic E-state index is 8.40. The van der Waals surface area contributed by atoms with Crippen LogP contribution >= 0.6 is 47.8 Å². The summed E-state index contributed by atoms with van der Waals surface area (Å²) in [5.41, 5.74) is 0. The van der Waals surface area contributed by atoms with Crippen molar-refractivity contribution in [2.75, 3.05) is 0 Å². The third-order valence-corrected chi connectivity index (χ3v) is 3.13. The van der Waals surface area contributed by atoms with Gasteiger partial charge in [0.25, 0.3) is 0 Å². The fourth-order valence-electron chi connectivity index (χ4n) is 1.19. The zero-order chi connectivity index (χ0) is 10.9. The van der Waals surface area contributed by atoms with Gasteiger partial charge in [-0.05, 0) is 19.3 Å². The molecular weight excluding hydrogens is 376 g/mol. The summed E-state index contributed by atoms with van der Waals surface area (Å²) in [4.78, 5) is 0. The smallest absolute Gasteiger partial charge is 0.135 e. The molecule has 0 rings (SSSR count). The van der Waals surface area contributed by atoms with Crippen LogP contribution in [-0.2, 0) is 0 Å². The molecule has 0 aromatic heterocycles. The predicted octanol–water partition coefficient (Wildman–Crippen LogP) is 5.63. The lowest BCUT2D eigenvalue weighted by atomic mass is 10.1. The summed E-state index contributed by atoms with van der Waals surface area (Å²) in [5.74, 6) is 0. The van der Waals surface area contributed by atoms with Gasteiger partial charge < -0.3 is 5.11 Å². The summed E-state index contributed by atoms with van der Waals surface area (Å²) >= 11 is 10.4. The SMILES string of the molecule is OC=CCCCCCCCC(Br)(Br)Br. The van der Waals surface area contributed by atoms with Crippen LogP contribution in [0.25, 0.3) is 0 Å². The molecule has 0 spiro atoms. The van der Waals surface area contributed by atoms with Gasteiger partial charge in [0.1, 0.15) is 2.14 Å². The number of unbranched alkanes of at least 4 members (excludes halogenated alkanes) is 5. The van der Waals surface area contributed by atoms with Gasteiger partial charge in [0.2, 0.25) is 0 Å². The van der Waals surface area contributed by atoms with E-state index in [0.29, 0.717) is 0 Å². The third-order valence-electron chi connectivity index (χ3n) is 1.94. The maximum Gasteiger partial charge on any atom is 0.135 e. The highest BCUT2D eigenvalue weighted by Gasteiger charge is 2.15. The lowest BCUT2D eigenvalue weighted by Crippen LogP contribution is -1.97. The molecule has 0 fully saturated rings. The summed E-state index contributed by atoms with van der Waals surface area (Å²) < 4.78 is -0.0629. The molecule has 0 radical (unpaired) electrons. The second-order valence-electron chi connectivity index (χ2n) is 3.31. The average molecular weight is 393 g/mol. The number of aliphatic hydroxyl groups is 1. The Kier molecular flexibility index (Phi) is 9.87. The quantitative estimate of drug-likeness (QED) is 0.338. The van der Waals surface area contributed by atoms with Crippen molar-refractivity contribution in [3.05, 3.63) is 12.3 Å². The Morgan fingerprint density at radius 3 is 2.07 bits per heavy atom. The third kappa shape index (κ3) is 13.0. The van der Waals surface area contributed by atoms with Crippen LogP contribution in [0.15, 0.2) is 12.3 Å². The molecule has 84 valence electrons. The fraction of sp³-hybridized carbons (Fsp3) is 0.800. The number of hydrogen-bond donors (Lipinski definition) is 1. The number of hydrogen-bond acceptors (Lipinski definition) is 1. The summed E-state index contributed by atoms with van der Waals surface area (Å²) in [6.45, 7) is 0. The molecule has 1 N–H and O–H groups in total. The Bertz CT molecular complexity index is 152. The lowest BCUT2D eigenvalue weighted by molar-refractivity contribution is 0.469. The highest BCUT2D eigenvalue weighted by molar-refractivity contribution is 9.39. The van der Waals surface area contributed by atoms with Crippen LogP contribution in [0.3, 0.4) is 0 Å². The Morgan fingerprint density at radius 2 is 1.50 bits per heavy atom. The van der Waals surface area contributed by atoms with Gasteiger partial charge in [-0.25, -0.2) is 0 Å². The summed E-state index contributed by atoms with van der Waals surface area (Å²) in [6.07, 6.45) is 11.2. The normalized spacial score (nSPS) is 12.5. The Labute approximate surface area is 112 Å². The topological polar surface area (TPSA) is 20.2 Å². The monoisotopic (exact) mass is 390 g/mol. The van der Waals surface area contributed by atoms with E-state index in [-0.39, 0.29) is 2.14 Å². The number of halogens is 3. The van der Waals surface area contributed by atoms with E-state index in [1.165, 1.54) is 32.1 Å². The van der Waals surface area contributed by atoms with Crippen LogP contribution in [0.2, 0.25) is 0 Å². The number of alkyl halides is 3. The standard InChI is InChI=1S/C10H17Br3O/c11-10(12,13)8-6-4-2-1-3-5-7-9-14/h7,9,14H,1-6,8H2. The van der Waals surface area contributed by atoms with Crippen molar-refractivity contribution in [1.29, 1.82) is 0 Å². The van der Waals surface area contributed by atoms with Crippen LogP contribution in [0.1, 0.15) is 44.9 Å². The van der Waals surface area contributed by atoms with Crippen molar-refractivity contribution in [2.24, 2.45) is 0 Å². The molecule has 1 nitrogen and oxygen atoms in total. The van der Waals surface area contributed by atoms with Gasteiger partial charge in [-0.15, -0.1) is 0 Å². The molecule has 0 aliphatic carbocycles. The molecular formula is C10H17Br3O. The summed E-state index contributed by atoms with van der Waals surface area (Å²) in [6, 6.07) is 0. The molecule has 0 saturated carbocycles. The highest BCUT2D eigenvalue weighted by Crippen LogP contribution is 2.38. The average Bonchev–Trinajstić information content (AvgIpc) is 2.08. The van der Waals surface area contributed by atoms with Crippen molar-refractivity contribution in [3.8, 4) is 0 Å². The first-order chi connectivity index (χ1) is 6.56. The van der Waals surface area contributed by atoms with Crippen molar-refractivity contribution < 1.29 is 5.11 Å². The van der Waals surface area contributed by atoms with Crippen LogP contribution in [0.5, 0.6) is 0 Å². The lowest BCUT2D eigenvalue weighted by Gasteiger charge is -2.10. The van der Waals surface area contributed by atoms with Crippen LogP contribution in [0.4, 0.5) is 0 Å². The van der Waals surface area contributed by atoms with Gasteiger partial charge in [0, 0.05) is 0 Å². The molecule has 0 aromatic carbocycles. The van der Waals surface area contributed by atoms with E-state index in [0.717, 1.165) is 19.1 Å². The molecule has 0 unspecified atom stereocenters. The van der Waals surface area contributed by atoms with E-state index in [2.05, 4.69) is 47.8 Å². The fourth-order valence-corrected chi connectivity index (χ4v) is 2.03. The minimum atomic E-state index is -0.0629. The summed E-state index contributed by atoms with van der Waals surface area (Å²) in [5, 5.41) is 8.40. The predicted molar refractivity (Wildman–Crippen MR) is 73.6 cm³/mol. The summed E-state index contributed by atoms with van der Waals surface area (Å²) in [7, 11) is 0. The van der Waals surface area contributed by atoms with E-state index >= 15 is 0 Å². The van der Waals surface area contributed by atoms with Gasteiger partial charge >= 0.3 is 0 Å². The molecule has 0 saturated heterocycles. The molecule has 0 atom stereocenters. The van der Waals surface area contributed by atoms with E-state index < -0.39 is 0 Å². The number of aliphatic hydroxyl groups excluding tert-OH is 1. The second-order valence-corrected chi connectivity index (χ2v) is 10.6. The van der Waals surface area contributed by atoms with Crippen molar-refractivity contribution in [1.82, 2.24) is 0 Å². The molecule has 0 aromatic rings. The largest absolute Gasteiger partial charge is 0.516 e.